The van der Waals surface area contributed by atoms with Gasteiger partial charge in [-0.3, -0.25) is 15.0 Å². The Morgan fingerprint density at radius 2 is 1.80 bits per heavy atom. The van der Waals surface area contributed by atoms with Crippen LogP contribution in [0, 0.1) is 5.41 Å². The lowest BCUT2D eigenvalue weighted by molar-refractivity contribution is -0.146. The summed E-state index contributed by atoms with van der Waals surface area (Å²) in [4.78, 5) is 27.5. The Labute approximate surface area is 173 Å². The minimum absolute atomic E-state index is 0.0496. The molecule has 11 nitrogen and oxygen atoms in total. The highest BCUT2D eigenvalue weighted by Gasteiger charge is 2.26. The Morgan fingerprint density at radius 1 is 1.17 bits per heavy atom. The predicted octanol–water partition coefficient (Wildman–Crippen LogP) is 0.825. The number of nitrogens with one attached hydrogen (secondary N) is 1. The molecule has 0 aliphatic carbocycles. The number of nitrogens with zero attached hydrogens (tertiary/aromatic N) is 6. The molecule has 158 valence electrons. The second-order valence-electron chi connectivity index (χ2n) is 6.72. The first-order chi connectivity index (χ1) is 14.4. The van der Waals surface area contributed by atoms with Crippen LogP contribution >= 0.6 is 0 Å². The van der Waals surface area contributed by atoms with E-state index >= 15 is 0 Å². The minimum atomic E-state index is -0.797. The monoisotopic (exact) mass is 413 g/mol. The van der Waals surface area contributed by atoms with Crippen molar-refractivity contribution in [2.75, 3.05) is 38.3 Å². The highest BCUT2D eigenvalue weighted by atomic mass is 16.5. The lowest BCUT2D eigenvalue weighted by Crippen LogP contribution is -2.40. The Bertz CT molecular complexity index is 929. The van der Waals surface area contributed by atoms with Crippen LogP contribution in [-0.4, -0.2) is 76.6 Å². The number of carbonyl (C=O) groups is 2. The van der Waals surface area contributed by atoms with E-state index in [1.165, 1.54) is 11.8 Å². The fraction of sp³-hybridized carbons (Fsp3) is 0.421. The van der Waals surface area contributed by atoms with Crippen molar-refractivity contribution in [2.24, 2.45) is 0 Å². The Kier molecular flexibility index (Phi) is 6.62. The van der Waals surface area contributed by atoms with Gasteiger partial charge in [-0.1, -0.05) is 0 Å². The van der Waals surface area contributed by atoms with E-state index in [4.69, 9.17) is 14.9 Å². The number of benzene rings is 1. The van der Waals surface area contributed by atoms with Gasteiger partial charge in [-0.25, -0.2) is 0 Å². The number of aromatic nitrogens is 4. The molecule has 1 fully saturated rings. The van der Waals surface area contributed by atoms with Crippen LogP contribution in [0.3, 0.4) is 0 Å². The predicted molar refractivity (Wildman–Crippen MR) is 106 cm³/mol. The Morgan fingerprint density at radius 3 is 2.43 bits per heavy atom. The lowest BCUT2D eigenvalue weighted by Gasteiger charge is -2.29. The largest absolute Gasteiger partial charge is 0.456 e. The van der Waals surface area contributed by atoms with Crippen LogP contribution < -0.4 is 4.90 Å². The average Bonchev–Trinajstić information content (AvgIpc) is 2.78. The quantitative estimate of drug-likeness (QED) is 0.429. The molecule has 11 heteroatoms. The third-order valence-electron chi connectivity index (χ3n) is 4.67. The van der Waals surface area contributed by atoms with Crippen LogP contribution in [0.1, 0.15) is 41.7 Å². The van der Waals surface area contributed by atoms with Crippen molar-refractivity contribution in [1.29, 1.82) is 5.41 Å². The summed E-state index contributed by atoms with van der Waals surface area (Å²) in [5.74, 6) is -0.561. The van der Waals surface area contributed by atoms with E-state index in [1.54, 1.807) is 38.2 Å². The van der Waals surface area contributed by atoms with Crippen LogP contribution in [0.4, 0.5) is 5.69 Å². The molecule has 30 heavy (non-hydrogen) atoms. The summed E-state index contributed by atoms with van der Waals surface area (Å²) in [5.41, 5.74) is 1.42. The van der Waals surface area contributed by atoms with Crippen molar-refractivity contribution < 1.29 is 19.1 Å². The van der Waals surface area contributed by atoms with E-state index in [2.05, 4.69) is 20.6 Å². The summed E-state index contributed by atoms with van der Waals surface area (Å²) >= 11 is 0. The van der Waals surface area contributed by atoms with E-state index in [1.807, 2.05) is 4.90 Å². The number of hydrogen-bond acceptors (Lipinski definition) is 9. The van der Waals surface area contributed by atoms with Gasteiger partial charge in [-0.15, -0.1) is 10.2 Å². The van der Waals surface area contributed by atoms with E-state index in [9.17, 15) is 9.59 Å². The maximum atomic E-state index is 13.0. The van der Waals surface area contributed by atoms with Crippen molar-refractivity contribution in [3.8, 4) is 0 Å². The van der Waals surface area contributed by atoms with Crippen molar-refractivity contribution >= 4 is 23.4 Å². The van der Waals surface area contributed by atoms with Crippen molar-refractivity contribution in [3.63, 3.8) is 0 Å². The fourth-order valence-corrected chi connectivity index (χ4v) is 3.05. The Balaban J connectivity index is 1.77. The number of rotatable bonds is 5. The maximum Gasteiger partial charge on any atom is 0.303 e. The summed E-state index contributed by atoms with van der Waals surface area (Å²) in [6, 6.07) is 7.07. The molecule has 1 aliphatic heterocycles. The van der Waals surface area contributed by atoms with Crippen LogP contribution in [0.2, 0.25) is 0 Å². The summed E-state index contributed by atoms with van der Waals surface area (Å²) in [6.07, 6.45) is -0.797. The SMILES string of the molecule is CC(=O)OC(C)c1nnnnc1C(=O)N(C)c1ccc(C(=N)N2CCOCC2)cc1. The molecule has 1 saturated heterocycles. The molecule has 1 aromatic carbocycles. The van der Waals surface area contributed by atoms with Crippen molar-refractivity contribution in [1.82, 2.24) is 25.5 Å². The molecule has 3 rings (SSSR count). The molecule has 1 unspecified atom stereocenters. The molecular weight excluding hydrogens is 390 g/mol. The smallest absolute Gasteiger partial charge is 0.303 e. The van der Waals surface area contributed by atoms with Gasteiger partial charge in [0.15, 0.2) is 5.69 Å². The highest BCUT2D eigenvalue weighted by molar-refractivity contribution is 6.05. The molecule has 0 bridgehead atoms. The van der Waals surface area contributed by atoms with Gasteiger partial charge in [-0.05, 0) is 41.6 Å². The number of hydrogen-bond donors (Lipinski definition) is 1. The first-order valence-corrected chi connectivity index (χ1v) is 9.41. The molecule has 1 aliphatic rings. The van der Waals surface area contributed by atoms with Gasteiger partial charge >= 0.3 is 5.97 Å². The normalized spacial score (nSPS) is 14.7. The summed E-state index contributed by atoms with van der Waals surface area (Å²) in [5, 5.41) is 22.9. The molecule has 0 radical (unpaired) electrons. The van der Waals surface area contributed by atoms with Gasteiger partial charge in [0, 0.05) is 38.3 Å². The van der Waals surface area contributed by atoms with Crippen molar-refractivity contribution in [2.45, 2.75) is 20.0 Å². The van der Waals surface area contributed by atoms with Crippen LogP contribution in [0.25, 0.3) is 0 Å². The van der Waals surface area contributed by atoms with Gasteiger partial charge in [-0.2, -0.15) is 0 Å². The molecule has 1 atom stereocenters. The maximum absolute atomic E-state index is 13.0. The molecule has 0 spiro atoms. The van der Waals surface area contributed by atoms with Gasteiger partial charge in [0.1, 0.15) is 17.6 Å². The molecule has 2 heterocycles. The summed E-state index contributed by atoms with van der Waals surface area (Å²) < 4.78 is 10.4. The molecular formula is C19H23N7O4. The standard InChI is InChI=1S/C19H23N7O4/c1-12(30-13(2)27)16-17(22-24-23-21-16)19(28)25(3)15-6-4-14(5-7-15)18(20)26-8-10-29-11-9-26/h4-7,12,20H,8-11H2,1-3H3. The number of esters is 1. The van der Waals surface area contributed by atoms with E-state index in [-0.39, 0.29) is 11.4 Å². The number of carbonyl (C=O) groups excluding carboxylic acids is 2. The summed E-state index contributed by atoms with van der Waals surface area (Å²) in [6.45, 7) is 5.41. The number of ether oxygens (including phenoxy) is 2. The number of amides is 1. The highest BCUT2D eigenvalue weighted by Crippen LogP contribution is 2.21. The third-order valence-corrected chi connectivity index (χ3v) is 4.67. The minimum Gasteiger partial charge on any atom is -0.456 e. The zero-order valence-corrected chi connectivity index (χ0v) is 17.0. The van der Waals surface area contributed by atoms with Gasteiger partial charge in [0.05, 0.1) is 13.2 Å². The van der Waals surface area contributed by atoms with Crippen LogP contribution in [-0.2, 0) is 14.3 Å². The van der Waals surface area contributed by atoms with Crippen LogP contribution in [0.5, 0.6) is 0 Å². The number of anilines is 1. The second-order valence-corrected chi connectivity index (χ2v) is 6.72. The molecule has 1 N–H and O–H groups in total. The number of morpholine rings is 1. The van der Waals surface area contributed by atoms with E-state index in [0.29, 0.717) is 37.8 Å². The average molecular weight is 413 g/mol. The van der Waals surface area contributed by atoms with Crippen LogP contribution in [0.15, 0.2) is 24.3 Å². The summed E-state index contributed by atoms with van der Waals surface area (Å²) in [7, 11) is 1.59. The van der Waals surface area contributed by atoms with E-state index < -0.39 is 18.0 Å². The Hall–Kier alpha value is -3.47. The zero-order valence-electron chi connectivity index (χ0n) is 17.0. The fourth-order valence-electron chi connectivity index (χ4n) is 3.05. The molecule has 0 saturated carbocycles. The zero-order chi connectivity index (χ0) is 21.7. The van der Waals surface area contributed by atoms with Crippen molar-refractivity contribution in [3.05, 3.63) is 41.2 Å². The second kappa shape index (κ2) is 9.35. The first-order valence-electron chi connectivity index (χ1n) is 9.41. The lowest BCUT2D eigenvalue weighted by atomic mass is 10.1. The topological polar surface area (TPSA) is 134 Å². The van der Waals surface area contributed by atoms with Gasteiger partial charge < -0.3 is 19.3 Å². The molecule has 2 aromatic rings. The van der Waals surface area contributed by atoms with E-state index in [0.717, 1.165) is 5.56 Å². The molecule has 1 aromatic heterocycles. The third kappa shape index (κ3) is 4.74. The van der Waals surface area contributed by atoms with Gasteiger partial charge in [0.25, 0.3) is 5.91 Å². The van der Waals surface area contributed by atoms with Gasteiger partial charge in [0.2, 0.25) is 0 Å². The molecule has 1 amide bonds. The number of amidine groups is 1. The first kappa shape index (κ1) is 21.2.